The Morgan fingerprint density at radius 2 is 1.92 bits per heavy atom. The van der Waals surface area contributed by atoms with E-state index in [-0.39, 0.29) is 17.8 Å². The van der Waals surface area contributed by atoms with Crippen LogP contribution >= 0.6 is 0 Å². The summed E-state index contributed by atoms with van der Waals surface area (Å²) in [5.74, 6) is 0.0837. The summed E-state index contributed by atoms with van der Waals surface area (Å²) in [7, 11) is 1.92. The van der Waals surface area contributed by atoms with Crippen molar-refractivity contribution in [3.8, 4) is 0 Å². The molecule has 0 atom stereocenters. The number of hydrogen-bond donors (Lipinski definition) is 0. The summed E-state index contributed by atoms with van der Waals surface area (Å²) in [6, 6.07) is 7.69. The topological polar surface area (TPSA) is 49.9 Å². The number of benzene rings is 1. The van der Waals surface area contributed by atoms with E-state index in [1.54, 1.807) is 0 Å². The van der Waals surface area contributed by atoms with Gasteiger partial charge in [0.05, 0.1) is 5.56 Å². The van der Waals surface area contributed by atoms with Gasteiger partial charge >= 0.3 is 5.97 Å². The number of likely N-dealkylation sites (tertiary alicyclic amines) is 1. The molecule has 2 aliphatic heterocycles. The van der Waals surface area contributed by atoms with Crippen LogP contribution in [0.25, 0.3) is 0 Å². The molecule has 0 aromatic heterocycles. The summed E-state index contributed by atoms with van der Waals surface area (Å²) in [4.78, 5) is 29.3. The Balaban J connectivity index is 1.35. The lowest BCUT2D eigenvalue weighted by molar-refractivity contribution is -0.137. The number of nitrogens with zero attached hydrogens (tertiary/aromatic N) is 2. The van der Waals surface area contributed by atoms with Crippen molar-refractivity contribution in [2.45, 2.75) is 44.1 Å². The number of carbonyl (C=O) groups excluding carboxylic acids is 2. The van der Waals surface area contributed by atoms with Gasteiger partial charge in [-0.1, -0.05) is 18.2 Å². The minimum atomic E-state index is -0.501. The van der Waals surface area contributed by atoms with Gasteiger partial charge in [-0.25, -0.2) is 4.79 Å². The Morgan fingerprint density at radius 1 is 1.23 bits per heavy atom. The molecule has 5 heteroatoms. The van der Waals surface area contributed by atoms with Crippen molar-refractivity contribution < 1.29 is 14.3 Å². The van der Waals surface area contributed by atoms with E-state index in [1.807, 2.05) is 36.2 Å². The van der Waals surface area contributed by atoms with Crippen molar-refractivity contribution in [2.24, 2.45) is 5.92 Å². The fourth-order valence-corrected chi connectivity index (χ4v) is 4.77. The molecule has 1 saturated carbocycles. The molecule has 0 N–H and O–H groups in total. The molecule has 2 fully saturated rings. The Morgan fingerprint density at radius 3 is 2.65 bits per heavy atom. The highest BCUT2D eigenvalue weighted by atomic mass is 16.6. The van der Waals surface area contributed by atoms with E-state index in [1.165, 1.54) is 25.9 Å². The molecular weight excluding hydrogens is 328 g/mol. The largest absolute Gasteiger partial charge is 0.451 e. The smallest absolute Gasteiger partial charge is 0.339 e. The molecule has 5 nitrogen and oxygen atoms in total. The van der Waals surface area contributed by atoms with Crippen LogP contribution in [0.3, 0.4) is 0 Å². The van der Waals surface area contributed by atoms with E-state index >= 15 is 0 Å². The van der Waals surface area contributed by atoms with Gasteiger partial charge in [-0.2, -0.15) is 0 Å². The van der Waals surface area contributed by atoms with Gasteiger partial charge in [0.15, 0.2) is 0 Å². The maximum Gasteiger partial charge on any atom is 0.339 e. The molecule has 0 radical (unpaired) electrons. The highest BCUT2D eigenvalue weighted by molar-refractivity contribution is 5.94. The Kier molecular flexibility index (Phi) is 4.74. The second-order valence-corrected chi connectivity index (χ2v) is 8.01. The highest BCUT2D eigenvalue weighted by Crippen LogP contribution is 2.48. The standard InChI is InChI=1S/C21H28N2O3/c1-22(14-15-23-12-4-5-13-23)19(24)16-8-10-21(11-9-16)18-7-3-2-6-17(18)20(25)26-21/h2-3,6-7,16H,4-5,8-15H2,1H3/t16-,21-. The molecule has 1 amide bonds. The van der Waals surface area contributed by atoms with Crippen molar-refractivity contribution >= 4 is 11.9 Å². The molecule has 0 unspecified atom stereocenters. The van der Waals surface area contributed by atoms with Crippen molar-refractivity contribution in [2.75, 3.05) is 33.2 Å². The molecule has 1 aromatic rings. The zero-order valence-electron chi connectivity index (χ0n) is 15.6. The predicted octanol–water partition coefficient (Wildman–Crippen LogP) is 2.80. The van der Waals surface area contributed by atoms with Gasteiger partial charge in [0.25, 0.3) is 0 Å². The van der Waals surface area contributed by atoms with Crippen LogP contribution in [0.4, 0.5) is 0 Å². The van der Waals surface area contributed by atoms with Gasteiger partial charge in [0.1, 0.15) is 5.60 Å². The second-order valence-electron chi connectivity index (χ2n) is 8.01. The Bertz CT molecular complexity index is 688. The van der Waals surface area contributed by atoms with Crippen molar-refractivity contribution in [1.29, 1.82) is 0 Å². The summed E-state index contributed by atoms with van der Waals surface area (Å²) in [6.45, 7) is 4.11. The second kappa shape index (κ2) is 7.03. The normalized spacial score (nSPS) is 28.2. The van der Waals surface area contributed by atoms with Crippen LogP contribution < -0.4 is 0 Å². The molecule has 140 valence electrons. The molecule has 1 spiro atoms. The minimum absolute atomic E-state index is 0.0515. The minimum Gasteiger partial charge on any atom is -0.451 e. The zero-order valence-corrected chi connectivity index (χ0v) is 15.6. The number of likely N-dealkylation sites (N-methyl/N-ethyl adjacent to an activating group) is 1. The molecule has 3 aliphatic rings. The molecule has 1 aliphatic carbocycles. The third-order valence-electron chi connectivity index (χ3n) is 6.39. The number of amides is 1. The van der Waals surface area contributed by atoms with Gasteiger partial charge in [-0.05, 0) is 57.7 Å². The van der Waals surface area contributed by atoms with Gasteiger partial charge < -0.3 is 14.5 Å². The lowest BCUT2D eigenvalue weighted by Crippen LogP contribution is -2.41. The Hall–Kier alpha value is -1.88. The number of ether oxygens (including phenoxy) is 1. The van der Waals surface area contributed by atoms with Crippen LogP contribution in [-0.2, 0) is 15.1 Å². The van der Waals surface area contributed by atoms with Gasteiger partial charge in [-0.15, -0.1) is 0 Å². The average molecular weight is 356 g/mol. The van der Waals surface area contributed by atoms with E-state index in [0.29, 0.717) is 5.56 Å². The summed E-state index contributed by atoms with van der Waals surface area (Å²) in [5, 5.41) is 0. The Labute approximate surface area is 155 Å². The molecule has 4 rings (SSSR count). The first kappa shape index (κ1) is 17.5. The lowest BCUT2D eigenvalue weighted by Gasteiger charge is -2.37. The molecule has 26 heavy (non-hydrogen) atoms. The summed E-state index contributed by atoms with van der Waals surface area (Å²) in [5.41, 5.74) is 1.21. The van der Waals surface area contributed by atoms with Crippen LogP contribution in [0.1, 0.15) is 54.4 Å². The molecule has 1 saturated heterocycles. The average Bonchev–Trinajstić information content (AvgIpc) is 3.28. The lowest BCUT2D eigenvalue weighted by atomic mass is 9.74. The van der Waals surface area contributed by atoms with Crippen molar-refractivity contribution in [3.05, 3.63) is 35.4 Å². The van der Waals surface area contributed by atoms with E-state index in [2.05, 4.69) is 4.90 Å². The zero-order chi connectivity index (χ0) is 18.1. The number of hydrogen-bond acceptors (Lipinski definition) is 4. The molecule has 0 bridgehead atoms. The van der Waals surface area contributed by atoms with Crippen LogP contribution in [0.2, 0.25) is 0 Å². The predicted molar refractivity (Wildman–Crippen MR) is 98.8 cm³/mol. The summed E-state index contributed by atoms with van der Waals surface area (Å²) >= 11 is 0. The van der Waals surface area contributed by atoms with Crippen molar-refractivity contribution in [3.63, 3.8) is 0 Å². The van der Waals surface area contributed by atoms with Crippen molar-refractivity contribution in [1.82, 2.24) is 9.80 Å². The first-order valence-corrected chi connectivity index (χ1v) is 9.89. The fraction of sp³-hybridized carbons (Fsp3) is 0.619. The number of carbonyl (C=O) groups is 2. The van der Waals surface area contributed by atoms with Crippen LogP contribution in [-0.4, -0.2) is 54.9 Å². The first-order valence-electron chi connectivity index (χ1n) is 9.89. The summed E-state index contributed by atoms with van der Waals surface area (Å²) < 4.78 is 5.79. The van der Waals surface area contributed by atoms with E-state index in [9.17, 15) is 9.59 Å². The number of fused-ring (bicyclic) bond motifs is 2. The maximum atomic E-state index is 12.8. The quantitative estimate of drug-likeness (QED) is 0.779. The number of esters is 1. The fourth-order valence-electron chi connectivity index (χ4n) is 4.77. The monoisotopic (exact) mass is 356 g/mol. The van der Waals surface area contributed by atoms with E-state index in [0.717, 1.165) is 44.3 Å². The third-order valence-corrected chi connectivity index (χ3v) is 6.39. The van der Waals surface area contributed by atoms with E-state index < -0.39 is 5.60 Å². The van der Waals surface area contributed by atoms with E-state index in [4.69, 9.17) is 4.74 Å². The van der Waals surface area contributed by atoms with Crippen LogP contribution in [0.15, 0.2) is 24.3 Å². The van der Waals surface area contributed by atoms with Crippen LogP contribution in [0, 0.1) is 5.92 Å². The first-order chi connectivity index (χ1) is 12.6. The molecule has 2 heterocycles. The molecule has 1 aromatic carbocycles. The number of rotatable bonds is 4. The molecular formula is C21H28N2O3. The highest BCUT2D eigenvalue weighted by Gasteiger charge is 2.48. The maximum absolute atomic E-state index is 12.8. The van der Waals surface area contributed by atoms with Gasteiger partial charge in [0, 0.05) is 31.6 Å². The third kappa shape index (κ3) is 3.13. The summed E-state index contributed by atoms with van der Waals surface area (Å²) in [6.07, 6.45) is 5.62. The van der Waals surface area contributed by atoms with Gasteiger partial charge in [-0.3, -0.25) is 4.79 Å². The van der Waals surface area contributed by atoms with Gasteiger partial charge in [0.2, 0.25) is 5.91 Å². The SMILES string of the molecule is CN(CCN1CCCC1)C(=O)[C@H]1CC[C@@]2(CC1)OC(=O)c1ccccc12. The van der Waals surface area contributed by atoms with Crippen LogP contribution in [0.5, 0.6) is 0 Å².